The van der Waals surface area contributed by atoms with E-state index < -0.39 is 18.3 Å². The number of Topliss-reactive ketones (excluding diaryl/α,β-unsaturated/α-hetero) is 1. The highest BCUT2D eigenvalue weighted by molar-refractivity contribution is 5.85. The van der Waals surface area contributed by atoms with Crippen LogP contribution in [-0.4, -0.2) is 68.8 Å². The summed E-state index contributed by atoms with van der Waals surface area (Å²) < 4.78 is 25.4. The van der Waals surface area contributed by atoms with Crippen molar-refractivity contribution in [3.8, 4) is 0 Å². The van der Waals surface area contributed by atoms with Gasteiger partial charge in [0.1, 0.15) is 24.9 Å². The molecule has 0 aromatic heterocycles. The molecule has 0 aliphatic rings. The first-order chi connectivity index (χ1) is 21.8. The molecule has 0 aromatic rings. The maximum absolute atomic E-state index is 13.9. The summed E-state index contributed by atoms with van der Waals surface area (Å²) >= 11 is 0. The van der Waals surface area contributed by atoms with Gasteiger partial charge in [0.25, 0.3) is 0 Å². The Hall–Kier alpha value is -0.530. The molecule has 4 unspecified atom stereocenters. The Balaban J connectivity index is 5.96. The second kappa shape index (κ2) is 22.4. The molecule has 0 fully saturated rings. The summed E-state index contributed by atoms with van der Waals surface area (Å²) in [6.45, 7) is 37.8. The van der Waals surface area contributed by atoms with Crippen molar-refractivity contribution < 1.29 is 28.8 Å². The number of hydrogen-bond acceptors (Lipinski definition) is 6. The van der Waals surface area contributed by atoms with Crippen molar-refractivity contribution in [3.63, 3.8) is 0 Å². The van der Waals surface area contributed by atoms with E-state index in [9.17, 15) is 9.90 Å². The third kappa shape index (κ3) is 26.3. The Morgan fingerprint density at radius 1 is 0.521 bits per heavy atom. The summed E-state index contributed by atoms with van der Waals surface area (Å²) in [7, 11) is 0. The zero-order chi connectivity index (χ0) is 37.3. The molecule has 0 radical (unpaired) electrons. The smallest absolute Gasteiger partial charge is 0.189 e. The van der Waals surface area contributed by atoms with Crippen LogP contribution < -0.4 is 0 Å². The molecule has 48 heavy (non-hydrogen) atoms. The lowest BCUT2D eigenvalue weighted by Crippen LogP contribution is -2.50. The van der Waals surface area contributed by atoms with Gasteiger partial charge in [-0.25, -0.2) is 0 Å². The zero-order valence-electron chi connectivity index (χ0n) is 34.9. The van der Waals surface area contributed by atoms with Gasteiger partial charge >= 0.3 is 0 Å². The lowest BCUT2D eigenvalue weighted by Gasteiger charge is -2.33. The molecule has 6 nitrogen and oxygen atoms in total. The highest BCUT2D eigenvalue weighted by Gasteiger charge is 2.37. The second-order valence-electron chi connectivity index (χ2n) is 20.4. The van der Waals surface area contributed by atoms with Crippen LogP contribution in [0.25, 0.3) is 0 Å². The van der Waals surface area contributed by atoms with Gasteiger partial charge in [-0.2, -0.15) is 0 Å². The molecule has 0 saturated carbocycles. The minimum atomic E-state index is -0.874. The summed E-state index contributed by atoms with van der Waals surface area (Å²) in [5, 5.41) is 10.6. The zero-order valence-corrected chi connectivity index (χ0v) is 34.9. The summed E-state index contributed by atoms with van der Waals surface area (Å²) in [4.78, 5) is 13.9. The Morgan fingerprint density at radius 2 is 0.854 bits per heavy atom. The molecule has 1 N–H and O–H groups in total. The summed E-state index contributed by atoms with van der Waals surface area (Å²) in [6, 6.07) is 0. The van der Waals surface area contributed by atoms with Crippen LogP contribution in [0.5, 0.6) is 0 Å². The molecule has 0 heterocycles. The molecular weight excluding hydrogens is 600 g/mol. The molecule has 0 bridgehead atoms. The maximum Gasteiger partial charge on any atom is 0.189 e. The van der Waals surface area contributed by atoms with Crippen molar-refractivity contribution in [2.45, 2.75) is 180 Å². The van der Waals surface area contributed by atoms with E-state index in [-0.39, 0.29) is 40.7 Å². The molecule has 288 valence electrons. The number of aliphatic hydroxyl groups excluding tert-OH is 1. The predicted molar refractivity (Wildman–Crippen MR) is 204 cm³/mol. The quantitative estimate of drug-likeness (QED) is 0.0965. The first kappa shape index (κ1) is 47.5. The number of rotatable bonds is 25. The van der Waals surface area contributed by atoms with Gasteiger partial charge in [-0.15, -0.1) is 0 Å². The minimum Gasteiger partial charge on any atom is -0.394 e. The van der Waals surface area contributed by atoms with Gasteiger partial charge in [-0.1, -0.05) is 111 Å². The average Bonchev–Trinajstić information content (AvgIpc) is 2.86. The molecule has 0 aliphatic carbocycles. The fourth-order valence-corrected chi connectivity index (χ4v) is 7.36. The normalized spacial score (nSPS) is 17.9. The van der Waals surface area contributed by atoms with Gasteiger partial charge in [0, 0.05) is 26.4 Å². The first-order valence-electron chi connectivity index (χ1n) is 19.4. The van der Waals surface area contributed by atoms with Gasteiger partial charge in [0.05, 0.1) is 6.61 Å². The van der Waals surface area contributed by atoms with Crippen molar-refractivity contribution >= 4 is 5.78 Å². The van der Waals surface area contributed by atoms with Gasteiger partial charge in [-0.05, 0) is 96.7 Å². The molecule has 7 atom stereocenters. The van der Waals surface area contributed by atoms with Gasteiger partial charge in [0.2, 0.25) is 0 Å². The third-order valence-corrected chi connectivity index (χ3v) is 8.78. The molecule has 0 aliphatic heterocycles. The van der Waals surface area contributed by atoms with E-state index in [0.29, 0.717) is 50.1 Å². The van der Waals surface area contributed by atoms with E-state index >= 15 is 0 Å². The Labute approximate surface area is 299 Å². The van der Waals surface area contributed by atoms with E-state index in [4.69, 9.17) is 18.9 Å². The SMILES string of the molecule is CC(CCOCC(=O)[C@H](OCCC(C)CC(C)(C)C)[C@@H](OCCC(C)CC(C)(C)C)[C@@H](CO)OCCC(C)CC(C)(C)C)CC(C)(C)C. The fourth-order valence-electron chi connectivity index (χ4n) is 7.36. The lowest BCUT2D eigenvalue weighted by atomic mass is 9.84. The molecule has 0 spiro atoms. The molecular formula is C42H84O6. The van der Waals surface area contributed by atoms with E-state index in [1.165, 1.54) is 0 Å². The van der Waals surface area contributed by atoms with Crippen LogP contribution in [0.2, 0.25) is 0 Å². The summed E-state index contributed by atoms with van der Waals surface area (Å²) in [6.07, 6.45) is 5.58. The third-order valence-electron chi connectivity index (χ3n) is 8.78. The molecule has 6 heteroatoms. The Kier molecular flexibility index (Phi) is 22.2. The fraction of sp³-hybridized carbons (Fsp3) is 0.976. The van der Waals surface area contributed by atoms with E-state index in [2.05, 4.69) is 111 Å². The summed E-state index contributed by atoms with van der Waals surface area (Å²) in [5.74, 6) is 1.76. The average molecular weight is 685 g/mol. The van der Waals surface area contributed by atoms with Crippen molar-refractivity contribution in [2.75, 3.05) is 39.6 Å². The van der Waals surface area contributed by atoms with E-state index in [0.717, 1.165) is 51.4 Å². The van der Waals surface area contributed by atoms with Crippen LogP contribution in [0, 0.1) is 45.3 Å². The Morgan fingerprint density at radius 3 is 1.21 bits per heavy atom. The van der Waals surface area contributed by atoms with Crippen molar-refractivity contribution in [1.29, 1.82) is 0 Å². The van der Waals surface area contributed by atoms with Crippen LogP contribution >= 0.6 is 0 Å². The number of aliphatic hydroxyl groups is 1. The van der Waals surface area contributed by atoms with Crippen molar-refractivity contribution in [3.05, 3.63) is 0 Å². The van der Waals surface area contributed by atoms with Crippen LogP contribution in [0.1, 0.15) is 162 Å². The molecule has 0 aromatic carbocycles. The molecule has 0 rings (SSSR count). The maximum atomic E-state index is 13.9. The topological polar surface area (TPSA) is 74.2 Å². The lowest BCUT2D eigenvalue weighted by molar-refractivity contribution is -0.170. The summed E-state index contributed by atoms with van der Waals surface area (Å²) in [5.41, 5.74) is 0.955. The number of ether oxygens (including phenoxy) is 4. The predicted octanol–water partition coefficient (Wildman–Crippen LogP) is 10.6. The second-order valence-corrected chi connectivity index (χ2v) is 20.4. The molecule has 0 saturated heterocycles. The number of hydrogen-bond donors (Lipinski definition) is 1. The van der Waals surface area contributed by atoms with Crippen LogP contribution in [-0.2, 0) is 23.7 Å². The molecule has 0 amide bonds. The standard InChI is InChI=1S/C42H84O6/c1-31(25-39(5,6)7)17-21-45-30-35(44)37(47-23-19-33(3)27-41(11,12)13)38(48-24-20-34(4)28-42(14,15)16)36(29-43)46-22-18-32(2)26-40(8,9)10/h31-34,36-38,43H,17-30H2,1-16H3/t31?,32?,33?,34?,36-,37+,38+/m1/s1. The first-order valence-corrected chi connectivity index (χ1v) is 19.4. The highest BCUT2D eigenvalue weighted by atomic mass is 16.6. The van der Waals surface area contributed by atoms with Gasteiger partial charge in [-0.3, -0.25) is 4.79 Å². The van der Waals surface area contributed by atoms with Crippen LogP contribution in [0.4, 0.5) is 0 Å². The van der Waals surface area contributed by atoms with Gasteiger partial charge in [0.15, 0.2) is 5.78 Å². The highest BCUT2D eigenvalue weighted by Crippen LogP contribution is 2.29. The number of carbonyl (C=O) groups is 1. The van der Waals surface area contributed by atoms with E-state index in [1.807, 2.05) is 0 Å². The van der Waals surface area contributed by atoms with Crippen molar-refractivity contribution in [2.24, 2.45) is 45.3 Å². The van der Waals surface area contributed by atoms with E-state index in [1.54, 1.807) is 0 Å². The number of ketones is 1. The van der Waals surface area contributed by atoms with Gasteiger partial charge < -0.3 is 24.1 Å². The minimum absolute atomic E-state index is 0.0362. The monoisotopic (exact) mass is 685 g/mol. The van der Waals surface area contributed by atoms with Crippen LogP contribution in [0.3, 0.4) is 0 Å². The van der Waals surface area contributed by atoms with Crippen LogP contribution in [0.15, 0.2) is 0 Å². The van der Waals surface area contributed by atoms with Crippen molar-refractivity contribution in [1.82, 2.24) is 0 Å². The Bertz CT molecular complexity index is 827. The largest absolute Gasteiger partial charge is 0.394 e. The number of carbonyl (C=O) groups excluding carboxylic acids is 1.